The van der Waals surface area contributed by atoms with Crippen molar-refractivity contribution in [2.75, 3.05) is 12.4 Å². The molecule has 0 fully saturated rings. The summed E-state index contributed by atoms with van der Waals surface area (Å²) in [6.45, 7) is 0.298. The van der Waals surface area contributed by atoms with Crippen molar-refractivity contribution in [3.8, 4) is 11.5 Å². The first-order valence-corrected chi connectivity index (χ1v) is 10.3. The summed E-state index contributed by atoms with van der Waals surface area (Å²) in [6, 6.07) is 21.4. The number of carbonyl (C=O) groups excluding carboxylic acids is 1. The Hall–Kier alpha value is -3.80. The third kappa shape index (κ3) is 5.42. The smallest absolute Gasteiger partial charge is 0.224 e. The third-order valence-electron chi connectivity index (χ3n) is 4.95. The number of amides is 1. The zero-order valence-corrected chi connectivity index (χ0v) is 17.5. The first-order chi connectivity index (χ1) is 15.2. The fourth-order valence-electron chi connectivity index (χ4n) is 3.40. The summed E-state index contributed by atoms with van der Waals surface area (Å²) < 4.78 is 13.3. The number of carbonyl (C=O) groups is 1. The van der Waals surface area contributed by atoms with E-state index in [9.17, 15) is 4.79 Å². The molecule has 4 aromatic rings. The van der Waals surface area contributed by atoms with Gasteiger partial charge in [-0.2, -0.15) is 0 Å². The number of rotatable bonds is 9. The fourth-order valence-corrected chi connectivity index (χ4v) is 3.40. The Bertz CT molecular complexity index is 1120. The summed E-state index contributed by atoms with van der Waals surface area (Å²) in [6.07, 6.45) is 6.01. The lowest BCUT2D eigenvalue weighted by molar-refractivity contribution is -0.116. The summed E-state index contributed by atoms with van der Waals surface area (Å²) in [7, 11) is 1.59. The summed E-state index contributed by atoms with van der Waals surface area (Å²) in [5.74, 6) is 1.14. The summed E-state index contributed by atoms with van der Waals surface area (Å²) in [4.78, 5) is 16.9. The number of aromatic nitrogens is 2. The molecule has 0 spiro atoms. The van der Waals surface area contributed by atoms with E-state index < -0.39 is 0 Å². The highest BCUT2D eigenvalue weighted by Crippen LogP contribution is 2.31. The number of fused-ring (bicyclic) bond motifs is 1. The number of aryl methyl sites for hydroxylation is 1. The SMILES string of the molecule is COc1ccc(NC(=O)CCCc2ccccc2)cc1OCc1cn2ccccc2n1. The lowest BCUT2D eigenvalue weighted by Gasteiger charge is -2.12. The second-order valence-corrected chi connectivity index (χ2v) is 7.24. The van der Waals surface area contributed by atoms with Crippen molar-refractivity contribution in [2.45, 2.75) is 25.9 Å². The molecule has 0 saturated carbocycles. The van der Waals surface area contributed by atoms with Crippen LogP contribution in [-0.4, -0.2) is 22.4 Å². The number of imidazole rings is 1. The predicted molar refractivity (Wildman–Crippen MR) is 121 cm³/mol. The molecule has 1 N–H and O–H groups in total. The predicted octanol–water partition coefficient (Wildman–Crippen LogP) is 4.88. The second-order valence-electron chi connectivity index (χ2n) is 7.24. The molecule has 0 radical (unpaired) electrons. The molecule has 2 aromatic heterocycles. The highest BCUT2D eigenvalue weighted by molar-refractivity contribution is 5.91. The van der Waals surface area contributed by atoms with E-state index in [4.69, 9.17) is 9.47 Å². The maximum Gasteiger partial charge on any atom is 0.224 e. The van der Waals surface area contributed by atoms with E-state index in [-0.39, 0.29) is 5.91 Å². The molecule has 6 heteroatoms. The fraction of sp³-hybridized carbons (Fsp3) is 0.200. The van der Waals surface area contributed by atoms with Crippen molar-refractivity contribution in [3.05, 3.63) is 90.4 Å². The van der Waals surface area contributed by atoms with Gasteiger partial charge in [-0.25, -0.2) is 4.98 Å². The van der Waals surface area contributed by atoms with Crippen LogP contribution in [0.5, 0.6) is 11.5 Å². The van der Waals surface area contributed by atoms with Gasteiger partial charge in [-0.15, -0.1) is 0 Å². The van der Waals surface area contributed by atoms with Gasteiger partial charge in [0.15, 0.2) is 11.5 Å². The van der Waals surface area contributed by atoms with E-state index in [2.05, 4.69) is 22.4 Å². The maximum absolute atomic E-state index is 12.4. The molecule has 1 amide bonds. The molecule has 0 aliphatic rings. The molecule has 158 valence electrons. The molecule has 4 rings (SSSR count). The zero-order chi connectivity index (χ0) is 21.5. The van der Waals surface area contributed by atoms with Gasteiger partial charge in [0.05, 0.1) is 12.8 Å². The molecule has 31 heavy (non-hydrogen) atoms. The Kier molecular flexibility index (Phi) is 6.47. The van der Waals surface area contributed by atoms with Crippen LogP contribution in [0.4, 0.5) is 5.69 Å². The molecule has 6 nitrogen and oxygen atoms in total. The quantitative estimate of drug-likeness (QED) is 0.423. The van der Waals surface area contributed by atoms with Gasteiger partial charge in [0.25, 0.3) is 0 Å². The lowest BCUT2D eigenvalue weighted by Crippen LogP contribution is -2.11. The van der Waals surface area contributed by atoms with Crippen molar-refractivity contribution >= 4 is 17.2 Å². The van der Waals surface area contributed by atoms with E-state index in [1.165, 1.54) is 5.56 Å². The van der Waals surface area contributed by atoms with Gasteiger partial charge < -0.3 is 19.2 Å². The van der Waals surface area contributed by atoms with Crippen molar-refractivity contribution in [3.63, 3.8) is 0 Å². The van der Waals surface area contributed by atoms with Crippen LogP contribution < -0.4 is 14.8 Å². The monoisotopic (exact) mass is 415 g/mol. The minimum Gasteiger partial charge on any atom is -0.493 e. The number of methoxy groups -OCH3 is 1. The Balaban J connectivity index is 1.35. The number of nitrogens with zero attached hydrogens (tertiary/aromatic N) is 2. The van der Waals surface area contributed by atoms with Crippen LogP contribution in [0.25, 0.3) is 5.65 Å². The molecular weight excluding hydrogens is 390 g/mol. The van der Waals surface area contributed by atoms with Crippen molar-refractivity contribution in [1.82, 2.24) is 9.38 Å². The minimum absolute atomic E-state index is 0.0209. The number of pyridine rings is 1. The molecule has 0 aliphatic carbocycles. The number of benzene rings is 2. The molecule has 0 bridgehead atoms. The number of hydrogen-bond acceptors (Lipinski definition) is 4. The highest BCUT2D eigenvalue weighted by Gasteiger charge is 2.10. The molecule has 0 saturated heterocycles. The van der Waals surface area contributed by atoms with Crippen molar-refractivity contribution < 1.29 is 14.3 Å². The zero-order valence-electron chi connectivity index (χ0n) is 17.5. The normalized spacial score (nSPS) is 10.7. The van der Waals surface area contributed by atoms with Crippen LogP contribution in [-0.2, 0) is 17.8 Å². The Morgan fingerprint density at radius 1 is 1.03 bits per heavy atom. The van der Waals surface area contributed by atoms with Crippen LogP contribution in [0.1, 0.15) is 24.1 Å². The van der Waals surface area contributed by atoms with Gasteiger partial charge in [-0.1, -0.05) is 36.4 Å². The number of anilines is 1. The van der Waals surface area contributed by atoms with Gasteiger partial charge in [0.1, 0.15) is 12.3 Å². The van der Waals surface area contributed by atoms with Gasteiger partial charge >= 0.3 is 0 Å². The lowest BCUT2D eigenvalue weighted by atomic mass is 10.1. The summed E-state index contributed by atoms with van der Waals surface area (Å²) in [5.41, 5.74) is 3.59. The summed E-state index contributed by atoms with van der Waals surface area (Å²) >= 11 is 0. The Morgan fingerprint density at radius 2 is 1.87 bits per heavy atom. The Labute approximate surface area is 181 Å². The maximum atomic E-state index is 12.4. The van der Waals surface area contributed by atoms with Gasteiger partial charge in [-0.05, 0) is 42.7 Å². The van der Waals surface area contributed by atoms with Crippen LogP contribution in [0, 0.1) is 0 Å². The number of hydrogen-bond donors (Lipinski definition) is 1. The number of ether oxygens (including phenoxy) is 2. The van der Waals surface area contributed by atoms with E-state index >= 15 is 0 Å². The van der Waals surface area contributed by atoms with Crippen LogP contribution in [0.2, 0.25) is 0 Å². The third-order valence-corrected chi connectivity index (χ3v) is 4.95. The molecule has 0 unspecified atom stereocenters. The van der Waals surface area contributed by atoms with E-state index in [0.717, 1.165) is 24.2 Å². The van der Waals surface area contributed by atoms with Crippen LogP contribution >= 0.6 is 0 Å². The van der Waals surface area contributed by atoms with Crippen LogP contribution in [0.3, 0.4) is 0 Å². The largest absolute Gasteiger partial charge is 0.493 e. The first kappa shape index (κ1) is 20.5. The standard InChI is InChI=1S/C25H25N3O3/c1-30-22-14-13-20(27-25(29)12-7-10-19-8-3-2-4-9-19)16-23(22)31-18-21-17-28-15-6-5-11-24(28)26-21/h2-6,8-9,11,13-17H,7,10,12,18H2,1H3,(H,27,29). The second kappa shape index (κ2) is 9.80. The first-order valence-electron chi connectivity index (χ1n) is 10.3. The van der Waals surface area contributed by atoms with E-state index in [1.807, 2.05) is 59.3 Å². The van der Waals surface area contributed by atoms with Crippen LogP contribution in [0.15, 0.2) is 79.1 Å². The molecule has 2 aromatic carbocycles. The average Bonchev–Trinajstić information content (AvgIpc) is 3.21. The van der Waals surface area contributed by atoms with E-state index in [0.29, 0.717) is 30.2 Å². The minimum atomic E-state index is -0.0209. The average molecular weight is 415 g/mol. The van der Waals surface area contributed by atoms with Gasteiger partial charge in [0, 0.05) is 30.6 Å². The van der Waals surface area contributed by atoms with Gasteiger partial charge in [-0.3, -0.25) is 4.79 Å². The molecule has 2 heterocycles. The van der Waals surface area contributed by atoms with Gasteiger partial charge in [0.2, 0.25) is 5.91 Å². The highest BCUT2D eigenvalue weighted by atomic mass is 16.5. The topological polar surface area (TPSA) is 64.9 Å². The number of nitrogens with one attached hydrogen (secondary N) is 1. The van der Waals surface area contributed by atoms with E-state index in [1.54, 1.807) is 19.2 Å². The molecule has 0 atom stereocenters. The molecular formula is C25H25N3O3. The summed E-state index contributed by atoms with van der Waals surface area (Å²) in [5, 5.41) is 2.95. The Morgan fingerprint density at radius 3 is 2.68 bits per heavy atom. The van der Waals surface area contributed by atoms with Crippen molar-refractivity contribution in [2.24, 2.45) is 0 Å². The molecule has 0 aliphatic heterocycles. The van der Waals surface area contributed by atoms with Crippen molar-refractivity contribution in [1.29, 1.82) is 0 Å².